The van der Waals surface area contributed by atoms with Crippen LogP contribution in [0.25, 0.3) is 0 Å². The van der Waals surface area contributed by atoms with E-state index in [-0.39, 0.29) is 0 Å². The van der Waals surface area contributed by atoms with Crippen molar-refractivity contribution in [1.82, 2.24) is 0 Å². The van der Waals surface area contributed by atoms with Crippen LogP contribution in [0.4, 0.5) is 0 Å². The van der Waals surface area contributed by atoms with E-state index in [1.54, 1.807) is 11.3 Å². The summed E-state index contributed by atoms with van der Waals surface area (Å²) in [5, 5.41) is 11.7. The summed E-state index contributed by atoms with van der Waals surface area (Å²) in [6.07, 6.45) is 4.41. The van der Waals surface area contributed by atoms with Gasteiger partial charge < -0.3 is 5.11 Å². The Morgan fingerprint density at radius 3 is 3.00 bits per heavy atom. The Kier molecular flexibility index (Phi) is 2.92. The zero-order valence-corrected chi connectivity index (χ0v) is 9.00. The Bertz CT molecular complexity index is 295. The van der Waals surface area contributed by atoms with Gasteiger partial charge in [0.2, 0.25) is 0 Å². The molecule has 0 saturated carbocycles. The lowest BCUT2D eigenvalue weighted by atomic mass is 9.94. The SMILES string of the molecule is OC(CCl)c1csc2c1CCCC2. The summed E-state index contributed by atoms with van der Waals surface area (Å²) in [6.45, 7) is 0. The Morgan fingerprint density at radius 1 is 1.46 bits per heavy atom. The molecule has 1 N–H and O–H groups in total. The number of aryl methyl sites for hydroxylation is 1. The molecule has 1 aromatic heterocycles. The maximum absolute atomic E-state index is 9.65. The lowest BCUT2D eigenvalue weighted by Gasteiger charge is -2.14. The molecule has 0 bridgehead atoms. The third kappa shape index (κ3) is 1.76. The van der Waals surface area contributed by atoms with E-state index in [0.717, 1.165) is 12.0 Å². The van der Waals surface area contributed by atoms with Crippen molar-refractivity contribution < 1.29 is 5.11 Å². The van der Waals surface area contributed by atoms with E-state index >= 15 is 0 Å². The molecule has 1 heterocycles. The Morgan fingerprint density at radius 2 is 2.23 bits per heavy atom. The van der Waals surface area contributed by atoms with Crippen molar-refractivity contribution in [2.24, 2.45) is 0 Å². The van der Waals surface area contributed by atoms with Crippen LogP contribution in [0.2, 0.25) is 0 Å². The minimum atomic E-state index is -0.459. The molecule has 0 fully saturated rings. The predicted molar refractivity (Wildman–Crippen MR) is 56.6 cm³/mol. The average molecular weight is 217 g/mol. The number of halogens is 1. The fourth-order valence-electron chi connectivity index (χ4n) is 1.88. The van der Waals surface area contributed by atoms with Crippen molar-refractivity contribution in [3.8, 4) is 0 Å². The van der Waals surface area contributed by atoms with Gasteiger partial charge in [-0.05, 0) is 42.2 Å². The molecule has 0 aromatic carbocycles. The number of alkyl halides is 1. The molecule has 72 valence electrons. The van der Waals surface area contributed by atoms with Crippen molar-refractivity contribution in [1.29, 1.82) is 0 Å². The third-order valence-corrected chi connectivity index (χ3v) is 4.00. The molecule has 0 radical (unpaired) electrons. The molecule has 0 aliphatic heterocycles. The average Bonchev–Trinajstić information content (AvgIpc) is 2.60. The summed E-state index contributed by atoms with van der Waals surface area (Å²) in [5.74, 6) is 0.309. The van der Waals surface area contributed by atoms with Gasteiger partial charge in [-0.2, -0.15) is 0 Å². The summed E-state index contributed by atoms with van der Waals surface area (Å²) in [5.41, 5.74) is 2.46. The first-order chi connectivity index (χ1) is 6.33. The first kappa shape index (κ1) is 9.50. The van der Waals surface area contributed by atoms with Gasteiger partial charge in [-0.1, -0.05) is 0 Å². The van der Waals surface area contributed by atoms with Gasteiger partial charge >= 0.3 is 0 Å². The Labute approximate surface area is 87.4 Å². The molecule has 13 heavy (non-hydrogen) atoms. The van der Waals surface area contributed by atoms with Crippen molar-refractivity contribution >= 4 is 22.9 Å². The smallest absolute Gasteiger partial charge is 0.0936 e. The molecule has 2 rings (SSSR count). The van der Waals surface area contributed by atoms with Gasteiger partial charge in [-0.15, -0.1) is 22.9 Å². The van der Waals surface area contributed by atoms with Crippen molar-refractivity contribution in [3.05, 3.63) is 21.4 Å². The Hall–Kier alpha value is -0.0500. The molecule has 1 aliphatic carbocycles. The van der Waals surface area contributed by atoms with E-state index in [9.17, 15) is 5.11 Å². The standard InChI is InChI=1S/C10H13ClOS/c11-5-9(12)8-6-13-10-4-2-1-3-7(8)10/h6,9,12H,1-5H2. The minimum absolute atomic E-state index is 0.309. The van der Waals surface area contributed by atoms with Crippen LogP contribution in [0, 0.1) is 0 Å². The van der Waals surface area contributed by atoms with Gasteiger partial charge in [0.1, 0.15) is 0 Å². The molecular weight excluding hydrogens is 204 g/mol. The molecule has 3 heteroatoms. The van der Waals surface area contributed by atoms with E-state index in [0.29, 0.717) is 5.88 Å². The minimum Gasteiger partial charge on any atom is -0.387 e. The monoisotopic (exact) mass is 216 g/mol. The molecule has 1 nitrogen and oxygen atoms in total. The number of fused-ring (bicyclic) bond motifs is 1. The van der Waals surface area contributed by atoms with E-state index in [1.807, 2.05) is 0 Å². The second-order valence-electron chi connectivity index (χ2n) is 3.47. The fourth-order valence-corrected chi connectivity index (χ4v) is 3.24. The highest BCUT2D eigenvalue weighted by atomic mass is 35.5. The van der Waals surface area contributed by atoms with Gasteiger partial charge in [0.25, 0.3) is 0 Å². The number of thiophene rings is 1. The van der Waals surface area contributed by atoms with Crippen LogP contribution in [0.15, 0.2) is 5.38 Å². The van der Waals surface area contributed by atoms with Gasteiger partial charge in [0.05, 0.1) is 12.0 Å². The number of rotatable bonds is 2. The summed E-state index contributed by atoms with van der Waals surface area (Å²) < 4.78 is 0. The summed E-state index contributed by atoms with van der Waals surface area (Å²) >= 11 is 7.42. The van der Waals surface area contributed by atoms with Gasteiger partial charge in [-0.3, -0.25) is 0 Å². The third-order valence-electron chi connectivity index (χ3n) is 2.60. The van der Waals surface area contributed by atoms with Gasteiger partial charge in [0.15, 0.2) is 0 Å². The quantitative estimate of drug-likeness (QED) is 0.754. The molecule has 0 spiro atoms. The second-order valence-corrected chi connectivity index (χ2v) is 4.74. The summed E-state index contributed by atoms with van der Waals surface area (Å²) in [7, 11) is 0. The molecule has 1 aromatic rings. The van der Waals surface area contributed by atoms with Crippen molar-refractivity contribution in [2.75, 3.05) is 5.88 Å². The maximum Gasteiger partial charge on any atom is 0.0936 e. The van der Waals surface area contributed by atoms with Gasteiger partial charge in [0, 0.05) is 4.88 Å². The van der Waals surface area contributed by atoms with Crippen molar-refractivity contribution in [3.63, 3.8) is 0 Å². The van der Waals surface area contributed by atoms with E-state index in [1.165, 1.54) is 29.7 Å². The van der Waals surface area contributed by atoms with Crippen LogP contribution in [0.1, 0.15) is 34.9 Å². The molecule has 0 amide bonds. The topological polar surface area (TPSA) is 20.2 Å². The number of aliphatic hydroxyl groups is 1. The molecule has 1 atom stereocenters. The molecule has 0 saturated heterocycles. The first-order valence-corrected chi connectivity index (χ1v) is 6.07. The summed E-state index contributed by atoms with van der Waals surface area (Å²) in [6, 6.07) is 0. The highest BCUT2D eigenvalue weighted by molar-refractivity contribution is 7.10. The zero-order chi connectivity index (χ0) is 9.26. The van der Waals surface area contributed by atoms with Crippen LogP contribution in [0.3, 0.4) is 0 Å². The van der Waals surface area contributed by atoms with Gasteiger partial charge in [-0.25, -0.2) is 0 Å². The van der Waals surface area contributed by atoms with Crippen molar-refractivity contribution in [2.45, 2.75) is 31.8 Å². The molecule has 1 aliphatic rings. The van der Waals surface area contributed by atoms with Crippen LogP contribution in [0.5, 0.6) is 0 Å². The highest BCUT2D eigenvalue weighted by Crippen LogP contribution is 2.33. The highest BCUT2D eigenvalue weighted by Gasteiger charge is 2.19. The zero-order valence-electron chi connectivity index (χ0n) is 7.42. The maximum atomic E-state index is 9.65. The van der Waals surface area contributed by atoms with E-state index in [4.69, 9.17) is 11.6 Å². The van der Waals surface area contributed by atoms with E-state index < -0.39 is 6.10 Å². The van der Waals surface area contributed by atoms with E-state index in [2.05, 4.69) is 5.38 Å². The fraction of sp³-hybridized carbons (Fsp3) is 0.600. The predicted octanol–water partition coefficient (Wildman–Crippen LogP) is 2.90. The van der Waals surface area contributed by atoms with Crippen LogP contribution in [-0.4, -0.2) is 11.0 Å². The Balaban J connectivity index is 2.31. The number of aliphatic hydroxyl groups excluding tert-OH is 1. The normalized spacial score (nSPS) is 18.3. The van der Waals surface area contributed by atoms with Crippen LogP contribution < -0.4 is 0 Å². The number of hydrogen-bond donors (Lipinski definition) is 1. The van der Waals surface area contributed by atoms with Crippen LogP contribution >= 0.6 is 22.9 Å². The first-order valence-electron chi connectivity index (χ1n) is 4.66. The number of hydrogen-bond acceptors (Lipinski definition) is 2. The lowest BCUT2D eigenvalue weighted by Crippen LogP contribution is -2.05. The second kappa shape index (κ2) is 3.99. The van der Waals surface area contributed by atoms with Crippen LogP contribution in [-0.2, 0) is 12.8 Å². The summed E-state index contributed by atoms with van der Waals surface area (Å²) in [4.78, 5) is 1.46. The molecular formula is C10H13ClOS. The largest absolute Gasteiger partial charge is 0.387 e. The lowest BCUT2D eigenvalue weighted by molar-refractivity contribution is 0.202. The molecule has 1 unspecified atom stereocenters.